The Hall–Kier alpha value is -3.10. The van der Waals surface area contributed by atoms with Crippen molar-refractivity contribution in [2.24, 2.45) is 5.92 Å². The topological polar surface area (TPSA) is 243 Å². The van der Waals surface area contributed by atoms with Gasteiger partial charge in [-0.25, -0.2) is 4.79 Å². The third-order valence-corrected chi connectivity index (χ3v) is 11.3. The lowest BCUT2D eigenvalue weighted by Gasteiger charge is -2.47. The van der Waals surface area contributed by atoms with Gasteiger partial charge < -0.3 is 69.5 Å². The monoisotopic (exact) mass is 789 g/mol. The number of amides is 1. The highest BCUT2D eigenvalue weighted by molar-refractivity contribution is 5.94. The Morgan fingerprint density at radius 1 is 0.768 bits per heavy atom. The smallest absolute Gasteiger partial charge is 0.332 e. The van der Waals surface area contributed by atoms with Gasteiger partial charge in [0, 0.05) is 18.7 Å². The highest BCUT2D eigenvalue weighted by atomic mass is 16.7. The van der Waals surface area contributed by atoms with Crippen LogP contribution in [0.15, 0.2) is 54.6 Å². The highest BCUT2D eigenvalue weighted by Crippen LogP contribution is 2.34. The number of hydrogen-bond donors (Lipinski definition) is 8. The minimum atomic E-state index is -1.73. The van der Waals surface area contributed by atoms with Crippen molar-refractivity contribution in [3.05, 3.63) is 60.2 Å². The molecule has 2 aromatic carbocycles. The van der Waals surface area contributed by atoms with Crippen molar-refractivity contribution in [2.75, 3.05) is 19.8 Å². The first-order valence-electron chi connectivity index (χ1n) is 19.5. The minimum absolute atomic E-state index is 0.0833. The lowest BCUT2D eigenvalue weighted by molar-refractivity contribution is -0.355. The van der Waals surface area contributed by atoms with Crippen LogP contribution in [0.3, 0.4) is 0 Å². The number of hydrogen-bond acceptors (Lipinski definition) is 14. The first kappa shape index (κ1) is 42.5. The Bertz CT molecular complexity index is 1540. The zero-order valence-corrected chi connectivity index (χ0v) is 31.3. The molecule has 8 N–H and O–H groups in total. The van der Waals surface area contributed by atoms with E-state index in [0.717, 1.165) is 43.2 Å². The molecule has 3 heterocycles. The summed E-state index contributed by atoms with van der Waals surface area (Å²) >= 11 is 0. The average molecular weight is 790 g/mol. The number of aliphatic hydroxyl groups excluding tert-OH is 6. The molecule has 6 rings (SSSR count). The number of carbonyl (C=O) groups excluding carboxylic acids is 1. The van der Waals surface area contributed by atoms with Gasteiger partial charge in [-0.2, -0.15) is 0 Å². The maximum atomic E-state index is 13.3. The summed E-state index contributed by atoms with van der Waals surface area (Å²) in [7, 11) is 0. The van der Waals surface area contributed by atoms with E-state index >= 15 is 0 Å². The second kappa shape index (κ2) is 19.6. The lowest BCUT2D eigenvalue weighted by atomic mass is 9.85. The van der Waals surface area contributed by atoms with E-state index in [9.17, 15) is 45.3 Å². The standard InChI is InChI=1S/C40H55NO15/c1-21-30(43)32(45)33(46)39(52-21)56-35-26(16-17-51-28(35)19-41-37(48)25-14-12-24(13-15-25)23-10-6-3-7-11-23)54-40-34(47)36(31(44)29(20-42)55-40)53-27(38(49)50)18-22-8-4-2-5-9-22/h3,6-7,10-15,21-22,26-36,39-40,42-47H,2,4-5,8-9,16-20H2,1H3,(H,41,48)(H,49,50)/t21-,26+,27+,28?,29+,30+,31-,32-,33+,34-,35-,36+,39-,40+/m1/s1. The first-order valence-corrected chi connectivity index (χ1v) is 19.5. The van der Waals surface area contributed by atoms with E-state index in [2.05, 4.69) is 5.32 Å². The fourth-order valence-electron chi connectivity index (χ4n) is 7.98. The van der Waals surface area contributed by atoms with Crippen molar-refractivity contribution in [3.8, 4) is 11.1 Å². The van der Waals surface area contributed by atoms with Crippen LogP contribution in [0.1, 0.15) is 62.2 Å². The van der Waals surface area contributed by atoms with Gasteiger partial charge in [-0.1, -0.05) is 74.6 Å². The maximum absolute atomic E-state index is 13.3. The van der Waals surface area contributed by atoms with Crippen LogP contribution in [0.2, 0.25) is 0 Å². The van der Waals surface area contributed by atoms with Crippen molar-refractivity contribution in [2.45, 2.75) is 138 Å². The second-order valence-corrected chi connectivity index (χ2v) is 15.2. The van der Waals surface area contributed by atoms with Gasteiger partial charge in [-0.3, -0.25) is 4.79 Å². The third kappa shape index (κ3) is 10.1. The SMILES string of the molecule is C[C@H]1O[C@H](O[C@H]2C(CNC(=O)c3ccc(-c4ccccc4)cc3)OCC[C@@H]2O[C@H]2O[C@@H](CO)[C@@H](O)[C@H](O[C@@H](CC3CCCCC3)C(=O)O)[C@H]2O)[C@@H](O)[C@H](O)[C@H]1O. The predicted molar refractivity (Wildman–Crippen MR) is 196 cm³/mol. The summed E-state index contributed by atoms with van der Waals surface area (Å²) in [6.07, 6.45) is -14.3. The highest BCUT2D eigenvalue weighted by Gasteiger charge is 2.51. The van der Waals surface area contributed by atoms with Crippen LogP contribution in [0, 0.1) is 5.92 Å². The largest absolute Gasteiger partial charge is 0.479 e. The van der Waals surface area contributed by atoms with Gasteiger partial charge in [0.1, 0.15) is 54.9 Å². The maximum Gasteiger partial charge on any atom is 0.332 e. The molecule has 0 spiro atoms. The number of carbonyl (C=O) groups is 2. The number of benzene rings is 2. The van der Waals surface area contributed by atoms with Gasteiger partial charge in [0.05, 0.1) is 18.8 Å². The number of aliphatic hydroxyl groups is 6. The van der Waals surface area contributed by atoms with Gasteiger partial charge in [0.15, 0.2) is 18.7 Å². The van der Waals surface area contributed by atoms with E-state index in [1.807, 2.05) is 42.5 Å². The molecule has 4 aliphatic rings. The van der Waals surface area contributed by atoms with Crippen LogP contribution < -0.4 is 5.32 Å². The molecule has 14 atom stereocenters. The van der Waals surface area contributed by atoms with E-state index in [-0.39, 0.29) is 31.9 Å². The summed E-state index contributed by atoms with van der Waals surface area (Å²) in [5.41, 5.74) is 2.30. The van der Waals surface area contributed by atoms with Crippen molar-refractivity contribution in [3.63, 3.8) is 0 Å². The molecular formula is C40H55NO15. The second-order valence-electron chi connectivity index (χ2n) is 15.2. The molecule has 0 aromatic heterocycles. The first-order chi connectivity index (χ1) is 26.9. The average Bonchev–Trinajstić information content (AvgIpc) is 3.21. The quantitative estimate of drug-likeness (QED) is 0.132. The summed E-state index contributed by atoms with van der Waals surface area (Å²) < 4.78 is 36.0. The summed E-state index contributed by atoms with van der Waals surface area (Å²) in [6.45, 7) is 0.753. The Morgan fingerprint density at radius 2 is 1.45 bits per heavy atom. The van der Waals surface area contributed by atoms with Crippen molar-refractivity contribution in [1.29, 1.82) is 0 Å². The Kier molecular flexibility index (Phi) is 14.9. The van der Waals surface area contributed by atoms with Gasteiger partial charge in [-0.05, 0) is 48.9 Å². The molecule has 310 valence electrons. The zero-order valence-electron chi connectivity index (χ0n) is 31.3. The number of nitrogens with one attached hydrogen (secondary N) is 1. The van der Waals surface area contributed by atoms with Crippen LogP contribution in [-0.2, 0) is 33.2 Å². The molecule has 4 fully saturated rings. The zero-order chi connectivity index (χ0) is 39.9. The third-order valence-electron chi connectivity index (χ3n) is 11.3. The Labute approximate surface area is 325 Å². The Morgan fingerprint density at radius 3 is 2.12 bits per heavy atom. The molecule has 0 radical (unpaired) electrons. The molecule has 3 saturated heterocycles. The molecule has 56 heavy (non-hydrogen) atoms. The fourth-order valence-corrected chi connectivity index (χ4v) is 7.98. The molecule has 1 aliphatic carbocycles. The van der Waals surface area contributed by atoms with E-state index in [4.69, 9.17) is 28.4 Å². The number of aliphatic carboxylic acids is 1. The van der Waals surface area contributed by atoms with E-state index < -0.39 is 104 Å². The van der Waals surface area contributed by atoms with Crippen LogP contribution in [0.25, 0.3) is 11.1 Å². The summed E-state index contributed by atoms with van der Waals surface area (Å²) in [5.74, 6) is -1.56. The molecule has 16 heteroatoms. The van der Waals surface area contributed by atoms with Gasteiger partial charge in [0.25, 0.3) is 5.91 Å². The molecular weight excluding hydrogens is 734 g/mol. The van der Waals surface area contributed by atoms with Crippen LogP contribution in [-0.4, -0.2) is 153 Å². The van der Waals surface area contributed by atoms with E-state index in [0.29, 0.717) is 5.56 Å². The van der Waals surface area contributed by atoms with Crippen molar-refractivity contribution in [1.82, 2.24) is 5.32 Å². The van der Waals surface area contributed by atoms with E-state index in [1.165, 1.54) is 6.92 Å². The van der Waals surface area contributed by atoms with Crippen LogP contribution >= 0.6 is 0 Å². The lowest BCUT2D eigenvalue weighted by Crippen LogP contribution is -2.64. The summed E-state index contributed by atoms with van der Waals surface area (Å²) in [4.78, 5) is 25.6. The fraction of sp³-hybridized carbons (Fsp3) is 0.650. The van der Waals surface area contributed by atoms with Crippen LogP contribution in [0.5, 0.6) is 0 Å². The number of carboxylic acids is 1. The number of carboxylic acid groups (broad SMARTS) is 1. The molecule has 3 aliphatic heterocycles. The summed E-state index contributed by atoms with van der Waals surface area (Å²) in [5, 5.41) is 77.3. The molecule has 2 aromatic rings. The van der Waals surface area contributed by atoms with Crippen molar-refractivity contribution >= 4 is 11.9 Å². The van der Waals surface area contributed by atoms with Crippen molar-refractivity contribution < 1.29 is 73.8 Å². The van der Waals surface area contributed by atoms with Gasteiger partial charge >= 0.3 is 5.97 Å². The van der Waals surface area contributed by atoms with E-state index in [1.54, 1.807) is 12.1 Å². The van der Waals surface area contributed by atoms with Crippen LogP contribution in [0.4, 0.5) is 0 Å². The summed E-state index contributed by atoms with van der Waals surface area (Å²) in [6, 6.07) is 16.7. The Balaban J connectivity index is 1.19. The minimum Gasteiger partial charge on any atom is -0.479 e. The normalized spacial score (nSPS) is 36.1. The molecule has 1 amide bonds. The molecule has 0 bridgehead atoms. The molecule has 1 saturated carbocycles. The molecule has 16 nitrogen and oxygen atoms in total. The van der Waals surface area contributed by atoms with Gasteiger partial charge in [-0.15, -0.1) is 0 Å². The molecule has 1 unspecified atom stereocenters. The number of rotatable bonds is 14. The van der Waals surface area contributed by atoms with Gasteiger partial charge in [0.2, 0.25) is 0 Å². The predicted octanol–water partition coefficient (Wildman–Crippen LogP) is 0.718. The number of ether oxygens (including phenoxy) is 6.